The van der Waals surface area contributed by atoms with Gasteiger partial charge in [0.1, 0.15) is 18.8 Å². The number of hydrogen-bond donors (Lipinski definition) is 1. The summed E-state index contributed by atoms with van der Waals surface area (Å²) in [6, 6.07) is 7.14. The molecular weight excluding hydrogens is 610 g/mol. The average molecular weight is 644 g/mol. The van der Waals surface area contributed by atoms with Crippen molar-refractivity contribution in [1.82, 2.24) is 13.8 Å². The van der Waals surface area contributed by atoms with Crippen molar-refractivity contribution >= 4 is 41.0 Å². The normalized spacial score (nSPS) is 25.9. The summed E-state index contributed by atoms with van der Waals surface area (Å²) in [7, 11) is 0. The standard InChI is InChI=1S/C31H34ClN3O8S/c1-19-23-10-9-22(4-3-13-31(2)27(43-31)26(23)42-28(19)38)18-41-25(37)12-11-24(36)33-16-20-5-7-21(8-6-20)17-34-29(39)35(15-14-32)44-30(34)40/h4-8,11-12,23,26-27H,1,3,9-10,13-18H2,2H3,(H,33,36)/b12-11-,22-4+/t23-,26-,27-,31+/m0/s1. The van der Waals surface area contributed by atoms with Gasteiger partial charge in [0.25, 0.3) is 0 Å². The minimum absolute atomic E-state index is 0.0782. The Kier molecular flexibility index (Phi) is 9.72. The predicted octanol–water partition coefficient (Wildman–Crippen LogP) is 2.83. The van der Waals surface area contributed by atoms with Crippen LogP contribution in [0.15, 0.2) is 69.8 Å². The van der Waals surface area contributed by atoms with Crippen molar-refractivity contribution < 1.29 is 28.6 Å². The zero-order valence-electron chi connectivity index (χ0n) is 24.3. The maximum Gasteiger partial charge on any atom is 0.341 e. The summed E-state index contributed by atoms with van der Waals surface area (Å²) in [6.45, 7) is 6.65. The number of nitrogens with one attached hydrogen (secondary N) is 1. The largest absolute Gasteiger partial charge is 0.458 e. The van der Waals surface area contributed by atoms with Gasteiger partial charge in [-0.05, 0) is 49.3 Å². The number of benzene rings is 1. The van der Waals surface area contributed by atoms with Crippen LogP contribution >= 0.6 is 23.1 Å². The number of fused-ring (bicyclic) bond motifs is 3. The second-order valence-electron chi connectivity index (χ2n) is 11.3. The molecule has 0 radical (unpaired) electrons. The van der Waals surface area contributed by atoms with Crippen molar-refractivity contribution in [1.29, 1.82) is 0 Å². The van der Waals surface area contributed by atoms with Crippen LogP contribution < -0.4 is 15.9 Å². The molecule has 4 atom stereocenters. The molecule has 11 nitrogen and oxygen atoms in total. The summed E-state index contributed by atoms with van der Waals surface area (Å²) in [4.78, 5) is 60.9. The predicted molar refractivity (Wildman–Crippen MR) is 163 cm³/mol. The van der Waals surface area contributed by atoms with E-state index in [9.17, 15) is 24.0 Å². The summed E-state index contributed by atoms with van der Waals surface area (Å²) in [5, 5.41) is 2.71. The van der Waals surface area contributed by atoms with Crippen molar-refractivity contribution in [3.63, 3.8) is 0 Å². The van der Waals surface area contributed by atoms with Crippen LogP contribution in [0, 0.1) is 5.92 Å². The number of halogens is 1. The van der Waals surface area contributed by atoms with Crippen molar-refractivity contribution in [2.75, 3.05) is 12.5 Å². The third kappa shape index (κ3) is 7.31. The molecule has 2 saturated heterocycles. The van der Waals surface area contributed by atoms with Crippen LogP contribution in [-0.2, 0) is 48.2 Å². The van der Waals surface area contributed by atoms with Gasteiger partial charge in [0, 0.05) is 47.6 Å². The topological polar surface area (TPSA) is 138 Å². The number of hydrogen-bond acceptors (Lipinski definition) is 9. The molecule has 234 valence electrons. The number of rotatable bonds is 10. The molecule has 13 heteroatoms. The Morgan fingerprint density at radius 2 is 1.95 bits per heavy atom. The Morgan fingerprint density at radius 1 is 1.20 bits per heavy atom. The molecule has 2 aliphatic heterocycles. The number of esters is 2. The van der Waals surface area contributed by atoms with Gasteiger partial charge >= 0.3 is 22.5 Å². The Bertz CT molecular complexity index is 1620. The van der Waals surface area contributed by atoms with E-state index in [1.807, 2.05) is 6.92 Å². The fourth-order valence-electron chi connectivity index (χ4n) is 5.55. The molecule has 1 N–H and O–H groups in total. The molecule has 44 heavy (non-hydrogen) atoms. The van der Waals surface area contributed by atoms with Crippen LogP contribution in [0.1, 0.15) is 43.7 Å². The third-order valence-electron chi connectivity index (χ3n) is 8.18. The highest BCUT2D eigenvalue weighted by molar-refractivity contribution is 7.03. The number of aromatic nitrogens is 2. The van der Waals surface area contributed by atoms with Crippen LogP contribution in [-0.4, -0.2) is 56.7 Å². The van der Waals surface area contributed by atoms with Crippen LogP contribution in [0.5, 0.6) is 0 Å². The quantitative estimate of drug-likeness (QED) is 0.137. The highest BCUT2D eigenvalue weighted by atomic mass is 35.5. The number of aryl methyl sites for hydroxylation is 1. The number of allylic oxidation sites excluding steroid dienone is 1. The first-order chi connectivity index (χ1) is 21.1. The molecule has 2 aromatic rings. The van der Waals surface area contributed by atoms with Gasteiger partial charge in [-0.15, -0.1) is 11.6 Å². The highest BCUT2D eigenvalue weighted by Crippen LogP contribution is 2.49. The molecule has 1 aliphatic carbocycles. The number of ether oxygens (including phenoxy) is 3. The fourth-order valence-corrected chi connectivity index (χ4v) is 6.60. The Balaban J connectivity index is 1.07. The fraction of sp³-hybridized carbons (Fsp3) is 0.452. The minimum atomic E-state index is -0.643. The van der Waals surface area contributed by atoms with Crippen molar-refractivity contribution in [3.05, 3.63) is 91.5 Å². The number of carbonyl (C=O) groups excluding carboxylic acids is 3. The van der Waals surface area contributed by atoms with E-state index in [0.29, 0.717) is 18.4 Å². The lowest BCUT2D eigenvalue weighted by Gasteiger charge is -2.20. The first-order valence-corrected chi connectivity index (χ1v) is 15.7. The van der Waals surface area contributed by atoms with Gasteiger partial charge in [-0.25, -0.2) is 22.9 Å². The molecule has 0 spiro atoms. The van der Waals surface area contributed by atoms with Gasteiger partial charge in [-0.3, -0.25) is 9.59 Å². The van der Waals surface area contributed by atoms with Crippen LogP contribution in [0.4, 0.5) is 0 Å². The van der Waals surface area contributed by atoms with E-state index in [1.54, 1.807) is 24.3 Å². The lowest BCUT2D eigenvalue weighted by Crippen LogP contribution is -2.29. The molecule has 1 aromatic carbocycles. The van der Waals surface area contributed by atoms with Crippen molar-refractivity contribution in [3.8, 4) is 0 Å². The molecule has 1 amide bonds. The number of amides is 1. The second-order valence-corrected chi connectivity index (χ2v) is 12.6. The molecule has 3 heterocycles. The summed E-state index contributed by atoms with van der Waals surface area (Å²) in [6.07, 6.45) is 6.55. The molecule has 0 bridgehead atoms. The van der Waals surface area contributed by atoms with Gasteiger partial charge < -0.3 is 19.5 Å². The van der Waals surface area contributed by atoms with E-state index in [-0.39, 0.29) is 66.7 Å². The molecule has 5 rings (SSSR count). The summed E-state index contributed by atoms with van der Waals surface area (Å²) in [5.74, 6) is -1.38. The van der Waals surface area contributed by atoms with Crippen LogP contribution in [0.3, 0.4) is 0 Å². The second kappa shape index (κ2) is 13.5. The zero-order chi connectivity index (χ0) is 31.4. The van der Waals surface area contributed by atoms with E-state index in [2.05, 4.69) is 18.0 Å². The van der Waals surface area contributed by atoms with Gasteiger partial charge in [-0.1, -0.05) is 36.9 Å². The molecule has 3 aliphatic rings. The van der Waals surface area contributed by atoms with Crippen LogP contribution in [0.25, 0.3) is 0 Å². The summed E-state index contributed by atoms with van der Waals surface area (Å²) < 4.78 is 19.4. The van der Waals surface area contributed by atoms with Gasteiger partial charge in [-0.2, -0.15) is 0 Å². The van der Waals surface area contributed by atoms with E-state index in [4.69, 9.17) is 25.8 Å². The Hall–Kier alpha value is -3.74. The van der Waals surface area contributed by atoms with E-state index >= 15 is 0 Å². The molecular formula is C31H34ClN3O8S. The highest BCUT2D eigenvalue weighted by Gasteiger charge is 2.61. The monoisotopic (exact) mass is 643 g/mol. The first-order valence-electron chi connectivity index (χ1n) is 14.4. The molecule has 1 aromatic heterocycles. The number of nitrogens with zero attached hydrogens (tertiary/aromatic N) is 2. The smallest absolute Gasteiger partial charge is 0.341 e. The van der Waals surface area contributed by atoms with Crippen LogP contribution in [0.2, 0.25) is 0 Å². The van der Waals surface area contributed by atoms with E-state index in [1.165, 1.54) is 3.96 Å². The Morgan fingerprint density at radius 3 is 2.70 bits per heavy atom. The summed E-state index contributed by atoms with van der Waals surface area (Å²) >= 11 is 6.52. The zero-order valence-corrected chi connectivity index (χ0v) is 25.9. The average Bonchev–Trinajstić information content (AvgIpc) is 3.50. The number of carbonyl (C=O) groups is 3. The minimum Gasteiger partial charge on any atom is -0.458 e. The van der Waals surface area contributed by atoms with Gasteiger partial charge in [0.15, 0.2) is 0 Å². The number of alkyl halides is 1. The SMILES string of the molecule is C=C1C(=O)O[C@H]2[C@H]1CC/C(COC(=O)/C=C\C(=O)NCc1ccc(Cn3c(=O)sn(CCCl)c3=O)cc1)=C\CC[C@@]1(C)O[C@@H]21. The lowest BCUT2D eigenvalue weighted by molar-refractivity contribution is -0.140. The van der Waals surface area contributed by atoms with Crippen molar-refractivity contribution in [2.45, 2.75) is 70.1 Å². The van der Waals surface area contributed by atoms with Gasteiger partial charge in [0.05, 0.1) is 18.7 Å². The maximum absolute atomic E-state index is 12.4. The molecule has 2 fully saturated rings. The summed E-state index contributed by atoms with van der Waals surface area (Å²) in [5.41, 5.74) is 2.21. The lowest BCUT2D eigenvalue weighted by atomic mass is 9.84. The maximum atomic E-state index is 12.4. The Labute approximate surface area is 262 Å². The molecule has 0 unspecified atom stereocenters. The van der Waals surface area contributed by atoms with E-state index in [0.717, 1.165) is 57.8 Å². The first kappa shape index (κ1) is 31.7. The van der Waals surface area contributed by atoms with E-state index < -0.39 is 17.6 Å². The van der Waals surface area contributed by atoms with Gasteiger partial charge in [0.2, 0.25) is 5.91 Å². The molecule has 0 saturated carbocycles. The third-order valence-corrected chi connectivity index (χ3v) is 9.29. The number of epoxide rings is 1. The van der Waals surface area contributed by atoms with Crippen molar-refractivity contribution in [2.24, 2.45) is 5.92 Å².